The summed E-state index contributed by atoms with van der Waals surface area (Å²) in [6.07, 6.45) is 4.12. The number of hydrogen-bond donors (Lipinski definition) is 0. The first kappa shape index (κ1) is 25.0. The van der Waals surface area contributed by atoms with E-state index in [2.05, 4.69) is 0 Å². The number of hydrogen-bond acceptors (Lipinski definition) is 6. The zero-order valence-corrected chi connectivity index (χ0v) is 21.4. The molecule has 1 heterocycles. The number of aryl methyl sites for hydroxylation is 3. The van der Waals surface area contributed by atoms with Crippen molar-refractivity contribution in [2.24, 2.45) is 5.92 Å². The van der Waals surface area contributed by atoms with Crippen molar-refractivity contribution in [1.29, 1.82) is 0 Å². The van der Waals surface area contributed by atoms with Crippen LogP contribution in [0.3, 0.4) is 0 Å². The molecule has 0 aliphatic heterocycles. The molecule has 3 aromatic rings. The van der Waals surface area contributed by atoms with E-state index in [9.17, 15) is 18.0 Å². The summed E-state index contributed by atoms with van der Waals surface area (Å²) in [4.78, 5) is 26.5. The highest BCUT2D eigenvalue weighted by atomic mass is 32.2. The molecule has 1 aliphatic carbocycles. The lowest BCUT2D eigenvalue weighted by Gasteiger charge is -2.29. The number of furan rings is 1. The van der Waals surface area contributed by atoms with Gasteiger partial charge in [-0.1, -0.05) is 37.0 Å². The van der Waals surface area contributed by atoms with Crippen molar-refractivity contribution in [1.82, 2.24) is 0 Å². The lowest BCUT2D eigenvalue weighted by Crippen LogP contribution is -2.41. The molecule has 8 heteroatoms. The third-order valence-electron chi connectivity index (χ3n) is 6.56. The normalized spacial score (nSPS) is 14.7. The fourth-order valence-corrected chi connectivity index (χ4v) is 6.56. The van der Waals surface area contributed by atoms with Gasteiger partial charge in [0.25, 0.3) is 10.0 Å². The van der Waals surface area contributed by atoms with Crippen LogP contribution in [0.25, 0.3) is 11.0 Å². The molecule has 1 aromatic heterocycles. The van der Waals surface area contributed by atoms with Crippen LogP contribution >= 0.6 is 0 Å². The monoisotopic (exact) mass is 497 g/mol. The van der Waals surface area contributed by atoms with Crippen LogP contribution < -0.4 is 4.31 Å². The molecule has 1 amide bonds. The molecule has 0 bridgehead atoms. The second-order valence-electron chi connectivity index (χ2n) is 9.15. The number of sulfonamides is 1. The first-order valence-electron chi connectivity index (χ1n) is 12.0. The van der Waals surface area contributed by atoms with E-state index in [1.54, 1.807) is 57.2 Å². The van der Waals surface area contributed by atoms with Crippen molar-refractivity contribution in [3.63, 3.8) is 0 Å². The summed E-state index contributed by atoms with van der Waals surface area (Å²) in [6.45, 7) is 7.17. The molecule has 0 N–H and O–H groups in total. The van der Waals surface area contributed by atoms with Gasteiger partial charge in [-0.2, -0.15) is 0 Å². The molecular formula is C27H31NO6S. The van der Waals surface area contributed by atoms with Crippen LogP contribution in [-0.2, 0) is 19.6 Å². The molecule has 35 heavy (non-hydrogen) atoms. The van der Waals surface area contributed by atoms with Gasteiger partial charge in [0.1, 0.15) is 16.9 Å². The molecule has 0 spiro atoms. The largest absolute Gasteiger partial charge is 0.462 e. The predicted molar refractivity (Wildman–Crippen MR) is 134 cm³/mol. The van der Waals surface area contributed by atoms with E-state index in [0.29, 0.717) is 35.1 Å². The average molecular weight is 498 g/mol. The number of rotatable bonds is 6. The molecule has 0 saturated heterocycles. The second kappa shape index (κ2) is 9.85. The van der Waals surface area contributed by atoms with Gasteiger partial charge < -0.3 is 9.15 Å². The molecule has 7 nitrogen and oxygen atoms in total. The third-order valence-corrected chi connectivity index (χ3v) is 8.45. The van der Waals surface area contributed by atoms with E-state index >= 15 is 0 Å². The van der Waals surface area contributed by atoms with Crippen LogP contribution in [0, 0.1) is 26.7 Å². The second-order valence-corrected chi connectivity index (χ2v) is 10.9. The number of nitrogens with zero attached hydrogens (tertiary/aromatic N) is 1. The highest BCUT2D eigenvalue weighted by Crippen LogP contribution is 2.36. The zero-order chi connectivity index (χ0) is 25.3. The van der Waals surface area contributed by atoms with Crippen molar-refractivity contribution in [2.75, 3.05) is 10.9 Å². The van der Waals surface area contributed by atoms with Gasteiger partial charge in [0, 0.05) is 11.3 Å². The Morgan fingerprint density at radius 2 is 1.74 bits per heavy atom. The Hall–Kier alpha value is -3.13. The van der Waals surface area contributed by atoms with Gasteiger partial charge in [0.15, 0.2) is 0 Å². The fraction of sp³-hybridized carbons (Fsp3) is 0.407. The average Bonchev–Trinajstić information content (AvgIpc) is 3.14. The molecule has 0 atom stereocenters. The number of ether oxygens (including phenoxy) is 1. The quantitative estimate of drug-likeness (QED) is 0.397. The molecule has 0 unspecified atom stereocenters. The molecule has 186 valence electrons. The van der Waals surface area contributed by atoms with Crippen molar-refractivity contribution >= 4 is 38.6 Å². The predicted octanol–water partition coefficient (Wildman–Crippen LogP) is 5.84. The fourth-order valence-electron chi connectivity index (χ4n) is 4.88. The van der Waals surface area contributed by atoms with Gasteiger partial charge in [-0.15, -0.1) is 0 Å². The number of carbonyl (C=O) groups is 2. The highest BCUT2D eigenvalue weighted by molar-refractivity contribution is 7.93. The van der Waals surface area contributed by atoms with Gasteiger partial charge in [-0.25, -0.2) is 17.5 Å². The Kier molecular flexibility index (Phi) is 7.03. The van der Waals surface area contributed by atoms with Crippen molar-refractivity contribution in [3.8, 4) is 0 Å². The zero-order valence-electron chi connectivity index (χ0n) is 20.6. The smallest absolute Gasteiger partial charge is 0.342 e. The summed E-state index contributed by atoms with van der Waals surface area (Å²) in [5, 5.41) is 0.413. The van der Waals surface area contributed by atoms with Crippen molar-refractivity contribution in [2.45, 2.75) is 64.7 Å². The first-order chi connectivity index (χ1) is 16.6. The molecule has 1 aliphatic rings. The number of fused-ring (bicyclic) bond motifs is 1. The van der Waals surface area contributed by atoms with E-state index in [1.165, 1.54) is 0 Å². The van der Waals surface area contributed by atoms with Gasteiger partial charge in [0.2, 0.25) is 5.91 Å². The maximum Gasteiger partial charge on any atom is 0.342 e. The van der Waals surface area contributed by atoms with Crippen LogP contribution in [-0.4, -0.2) is 26.9 Å². The molecule has 1 fully saturated rings. The van der Waals surface area contributed by atoms with Gasteiger partial charge in [-0.3, -0.25) is 4.79 Å². The summed E-state index contributed by atoms with van der Waals surface area (Å²) >= 11 is 0. The molecule has 2 aromatic carbocycles. The Labute approximate surface area is 206 Å². The topological polar surface area (TPSA) is 93.9 Å². The maximum atomic E-state index is 14.0. The standard InChI is InChI=1S/C27H31NO6S/c1-5-33-27(30)25-19(4)34-23-13-12-21(16-22(23)25)28(26(29)20-9-7-6-8-10-20)35(31,32)24-14-11-17(2)15-18(24)3/h11-16,20H,5-10H2,1-4H3. The van der Waals surface area contributed by atoms with Gasteiger partial charge in [0.05, 0.1) is 17.2 Å². The minimum absolute atomic E-state index is 0.0846. The minimum atomic E-state index is -4.22. The van der Waals surface area contributed by atoms with E-state index in [1.807, 2.05) is 6.92 Å². The van der Waals surface area contributed by atoms with E-state index < -0.39 is 21.9 Å². The summed E-state index contributed by atoms with van der Waals surface area (Å²) < 4.78 is 39.8. The van der Waals surface area contributed by atoms with Crippen LogP contribution in [0.4, 0.5) is 5.69 Å². The highest BCUT2D eigenvalue weighted by Gasteiger charge is 2.37. The summed E-state index contributed by atoms with van der Waals surface area (Å²) in [6, 6.07) is 9.76. The van der Waals surface area contributed by atoms with Crippen LogP contribution in [0.1, 0.15) is 66.3 Å². The molecule has 0 radical (unpaired) electrons. The number of carbonyl (C=O) groups excluding carboxylic acids is 2. The number of benzene rings is 2. The summed E-state index contributed by atoms with van der Waals surface area (Å²) in [7, 11) is -4.22. The third kappa shape index (κ3) is 4.72. The number of amides is 1. The van der Waals surface area contributed by atoms with Crippen molar-refractivity contribution < 1.29 is 27.2 Å². The van der Waals surface area contributed by atoms with Gasteiger partial charge in [-0.05, 0) is 70.4 Å². The van der Waals surface area contributed by atoms with E-state index in [0.717, 1.165) is 29.1 Å². The number of anilines is 1. The molecule has 4 rings (SSSR count). The van der Waals surface area contributed by atoms with Crippen molar-refractivity contribution in [3.05, 3.63) is 58.8 Å². The lowest BCUT2D eigenvalue weighted by atomic mass is 9.88. The van der Waals surface area contributed by atoms with E-state index in [4.69, 9.17) is 9.15 Å². The first-order valence-corrected chi connectivity index (χ1v) is 13.5. The maximum absolute atomic E-state index is 14.0. The summed E-state index contributed by atoms with van der Waals surface area (Å²) in [5.74, 6) is -1.00. The Morgan fingerprint density at radius 3 is 2.40 bits per heavy atom. The van der Waals surface area contributed by atoms with Crippen LogP contribution in [0.5, 0.6) is 0 Å². The van der Waals surface area contributed by atoms with E-state index in [-0.39, 0.29) is 28.7 Å². The summed E-state index contributed by atoms with van der Waals surface area (Å²) in [5.41, 5.74) is 2.33. The van der Waals surface area contributed by atoms with Crippen LogP contribution in [0.15, 0.2) is 45.7 Å². The Balaban J connectivity index is 1.90. The minimum Gasteiger partial charge on any atom is -0.462 e. The Bertz CT molecular complexity index is 1380. The van der Waals surface area contributed by atoms with Crippen LogP contribution in [0.2, 0.25) is 0 Å². The lowest BCUT2D eigenvalue weighted by molar-refractivity contribution is -0.122. The SMILES string of the molecule is CCOC(=O)c1c(C)oc2ccc(N(C(=O)C3CCCCC3)S(=O)(=O)c3ccc(C)cc3C)cc12. The molecule has 1 saturated carbocycles. The Morgan fingerprint density at radius 1 is 1.03 bits per heavy atom. The van der Waals surface area contributed by atoms with Gasteiger partial charge >= 0.3 is 5.97 Å². The molecular weight excluding hydrogens is 466 g/mol. The number of esters is 1.